The van der Waals surface area contributed by atoms with E-state index in [1.54, 1.807) is 20.8 Å². The van der Waals surface area contributed by atoms with Crippen molar-refractivity contribution in [3.63, 3.8) is 0 Å². The standard InChI is InChI=1S/C11H19NO6/c1-11(2,3)18-10(15)12-4-7-5-17-8(6-16-7)9(13)14/h7-8H,4-6H2,1-3H3,(H,12,15)(H,13,14)/t7-,8-/m1/s1. The van der Waals surface area contributed by atoms with Crippen LogP contribution in [0.15, 0.2) is 0 Å². The molecule has 0 bridgehead atoms. The van der Waals surface area contributed by atoms with E-state index in [4.69, 9.17) is 19.3 Å². The van der Waals surface area contributed by atoms with Gasteiger partial charge in [-0.15, -0.1) is 0 Å². The number of carbonyl (C=O) groups excluding carboxylic acids is 1. The number of carbonyl (C=O) groups is 2. The molecule has 0 radical (unpaired) electrons. The van der Waals surface area contributed by atoms with E-state index in [2.05, 4.69) is 5.32 Å². The van der Waals surface area contributed by atoms with E-state index in [0.717, 1.165) is 0 Å². The molecule has 1 amide bonds. The molecule has 0 saturated carbocycles. The van der Waals surface area contributed by atoms with E-state index in [1.807, 2.05) is 0 Å². The van der Waals surface area contributed by atoms with Gasteiger partial charge in [0, 0.05) is 6.54 Å². The van der Waals surface area contributed by atoms with Crippen molar-refractivity contribution in [1.29, 1.82) is 0 Å². The lowest BCUT2D eigenvalue weighted by Crippen LogP contribution is -2.46. The molecule has 1 aliphatic rings. The van der Waals surface area contributed by atoms with Crippen LogP contribution in [0.1, 0.15) is 20.8 Å². The number of ether oxygens (including phenoxy) is 3. The third kappa shape index (κ3) is 5.33. The molecule has 0 aromatic heterocycles. The van der Waals surface area contributed by atoms with E-state index in [-0.39, 0.29) is 25.9 Å². The largest absolute Gasteiger partial charge is 0.479 e. The van der Waals surface area contributed by atoms with Gasteiger partial charge in [0.2, 0.25) is 0 Å². The van der Waals surface area contributed by atoms with Crippen LogP contribution in [0.2, 0.25) is 0 Å². The van der Waals surface area contributed by atoms with Gasteiger partial charge in [-0.25, -0.2) is 9.59 Å². The van der Waals surface area contributed by atoms with Crippen molar-refractivity contribution >= 4 is 12.1 Å². The number of aliphatic carboxylic acids is 1. The van der Waals surface area contributed by atoms with Crippen LogP contribution in [0.3, 0.4) is 0 Å². The van der Waals surface area contributed by atoms with Crippen LogP contribution < -0.4 is 5.32 Å². The number of carboxylic acids is 1. The van der Waals surface area contributed by atoms with Crippen molar-refractivity contribution < 1.29 is 28.9 Å². The molecule has 1 aliphatic heterocycles. The minimum atomic E-state index is -1.05. The second-order valence-corrected chi connectivity index (χ2v) is 5.00. The fraction of sp³-hybridized carbons (Fsp3) is 0.818. The van der Waals surface area contributed by atoms with E-state index >= 15 is 0 Å². The fourth-order valence-corrected chi connectivity index (χ4v) is 1.31. The first-order chi connectivity index (χ1) is 8.28. The minimum absolute atomic E-state index is 0.0179. The van der Waals surface area contributed by atoms with E-state index in [1.165, 1.54) is 0 Å². The maximum absolute atomic E-state index is 11.4. The van der Waals surface area contributed by atoms with Gasteiger partial charge in [-0.3, -0.25) is 0 Å². The van der Waals surface area contributed by atoms with Gasteiger partial charge >= 0.3 is 12.1 Å². The minimum Gasteiger partial charge on any atom is -0.479 e. The molecule has 7 nitrogen and oxygen atoms in total. The van der Waals surface area contributed by atoms with Gasteiger partial charge in [0.1, 0.15) is 5.60 Å². The molecule has 2 atom stereocenters. The van der Waals surface area contributed by atoms with Crippen molar-refractivity contribution in [2.45, 2.75) is 38.6 Å². The topological polar surface area (TPSA) is 94.1 Å². The summed E-state index contributed by atoms with van der Waals surface area (Å²) in [5, 5.41) is 11.2. The van der Waals surface area contributed by atoms with Crippen LogP contribution in [0.25, 0.3) is 0 Å². The van der Waals surface area contributed by atoms with Crippen molar-refractivity contribution in [2.24, 2.45) is 0 Å². The summed E-state index contributed by atoms with van der Waals surface area (Å²) in [5.74, 6) is -1.05. The van der Waals surface area contributed by atoms with Crippen LogP contribution in [-0.2, 0) is 19.0 Å². The summed E-state index contributed by atoms with van der Waals surface area (Å²) in [6.07, 6.45) is -1.82. The first-order valence-electron chi connectivity index (χ1n) is 5.71. The summed E-state index contributed by atoms with van der Waals surface area (Å²) in [4.78, 5) is 21.9. The average molecular weight is 261 g/mol. The second-order valence-electron chi connectivity index (χ2n) is 5.00. The number of alkyl carbamates (subject to hydrolysis) is 1. The zero-order chi connectivity index (χ0) is 13.8. The Hall–Kier alpha value is -1.34. The monoisotopic (exact) mass is 261 g/mol. The molecule has 0 spiro atoms. The number of carboxylic acid groups (broad SMARTS) is 1. The Morgan fingerprint density at radius 2 is 2.00 bits per heavy atom. The van der Waals surface area contributed by atoms with E-state index in [9.17, 15) is 9.59 Å². The maximum atomic E-state index is 11.4. The summed E-state index contributed by atoms with van der Waals surface area (Å²) in [5.41, 5.74) is -0.553. The highest BCUT2D eigenvalue weighted by Crippen LogP contribution is 2.08. The predicted molar refractivity (Wildman–Crippen MR) is 61.4 cm³/mol. The van der Waals surface area contributed by atoms with Gasteiger partial charge in [-0.2, -0.15) is 0 Å². The Bertz CT molecular complexity index is 303. The van der Waals surface area contributed by atoms with Crippen LogP contribution in [0, 0.1) is 0 Å². The molecule has 1 saturated heterocycles. The number of hydrogen-bond acceptors (Lipinski definition) is 5. The number of rotatable bonds is 3. The third-order valence-electron chi connectivity index (χ3n) is 2.11. The quantitative estimate of drug-likeness (QED) is 0.762. The SMILES string of the molecule is CC(C)(C)OC(=O)NC[C@@H]1CO[C@@H](C(=O)O)CO1. The van der Waals surface area contributed by atoms with Crippen molar-refractivity contribution in [3.05, 3.63) is 0 Å². The zero-order valence-corrected chi connectivity index (χ0v) is 10.8. The number of nitrogens with one attached hydrogen (secondary N) is 1. The predicted octanol–water partition coefficient (Wildman–Crippen LogP) is 0.380. The van der Waals surface area contributed by atoms with Crippen molar-refractivity contribution in [1.82, 2.24) is 5.32 Å². The van der Waals surface area contributed by atoms with Gasteiger partial charge in [0.15, 0.2) is 6.10 Å². The lowest BCUT2D eigenvalue weighted by atomic mass is 10.2. The summed E-state index contributed by atoms with van der Waals surface area (Å²) in [7, 11) is 0. The smallest absolute Gasteiger partial charge is 0.407 e. The van der Waals surface area contributed by atoms with Gasteiger partial charge in [-0.1, -0.05) is 0 Å². The van der Waals surface area contributed by atoms with Crippen molar-refractivity contribution in [3.8, 4) is 0 Å². The van der Waals surface area contributed by atoms with Gasteiger partial charge in [0.05, 0.1) is 19.3 Å². The van der Waals surface area contributed by atoms with Crippen LogP contribution in [0.5, 0.6) is 0 Å². The highest BCUT2D eigenvalue weighted by atomic mass is 16.6. The Balaban J connectivity index is 2.22. The Kier molecular flexibility index (Phi) is 4.92. The average Bonchev–Trinajstić information content (AvgIpc) is 2.24. The lowest BCUT2D eigenvalue weighted by molar-refractivity contribution is -0.174. The summed E-state index contributed by atoms with van der Waals surface area (Å²) in [6.45, 7) is 5.64. The third-order valence-corrected chi connectivity index (χ3v) is 2.11. The normalized spacial score (nSPS) is 24.4. The van der Waals surface area contributed by atoms with Crippen LogP contribution in [0.4, 0.5) is 4.79 Å². The Morgan fingerprint density at radius 3 is 2.44 bits per heavy atom. The number of hydrogen-bond donors (Lipinski definition) is 2. The second kappa shape index (κ2) is 6.01. The molecule has 2 N–H and O–H groups in total. The van der Waals surface area contributed by atoms with E-state index < -0.39 is 23.8 Å². The van der Waals surface area contributed by atoms with Gasteiger partial charge in [0.25, 0.3) is 0 Å². The molecule has 104 valence electrons. The molecule has 1 fully saturated rings. The molecule has 0 unspecified atom stereocenters. The lowest BCUT2D eigenvalue weighted by Gasteiger charge is -2.27. The first-order valence-corrected chi connectivity index (χ1v) is 5.71. The molecule has 1 rings (SSSR count). The molecular weight excluding hydrogens is 242 g/mol. The number of amides is 1. The highest BCUT2D eigenvalue weighted by molar-refractivity contribution is 5.72. The molecule has 7 heteroatoms. The summed E-state index contributed by atoms with van der Waals surface area (Å²) < 4.78 is 15.4. The zero-order valence-electron chi connectivity index (χ0n) is 10.8. The Labute approximate surface area is 105 Å². The first kappa shape index (κ1) is 14.7. The molecule has 0 aromatic carbocycles. The van der Waals surface area contributed by atoms with E-state index in [0.29, 0.717) is 0 Å². The molecule has 1 heterocycles. The molecule has 0 aromatic rings. The summed E-state index contributed by atoms with van der Waals surface area (Å²) in [6, 6.07) is 0. The maximum Gasteiger partial charge on any atom is 0.407 e. The summed E-state index contributed by atoms with van der Waals surface area (Å²) >= 11 is 0. The molecule has 18 heavy (non-hydrogen) atoms. The van der Waals surface area contributed by atoms with Gasteiger partial charge in [-0.05, 0) is 20.8 Å². The van der Waals surface area contributed by atoms with Crippen LogP contribution in [-0.4, -0.2) is 54.7 Å². The van der Waals surface area contributed by atoms with Crippen LogP contribution >= 0.6 is 0 Å². The highest BCUT2D eigenvalue weighted by Gasteiger charge is 2.27. The molecular formula is C11H19NO6. The van der Waals surface area contributed by atoms with Gasteiger partial charge < -0.3 is 24.6 Å². The molecule has 0 aliphatic carbocycles. The van der Waals surface area contributed by atoms with Crippen molar-refractivity contribution in [2.75, 3.05) is 19.8 Å². The Morgan fingerprint density at radius 1 is 1.33 bits per heavy atom. The fourth-order valence-electron chi connectivity index (χ4n) is 1.31.